The minimum Gasteiger partial charge on any atom is -0.379 e. The van der Waals surface area contributed by atoms with Crippen molar-refractivity contribution in [3.8, 4) is 0 Å². The van der Waals surface area contributed by atoms with E-state index in [0.717, 1.165) is 36.9 Å². The van der Waals surface area contributed by atoms with Crippen LogP contribution < -0.4 is 0 Å². The van der Waals surface area contributed by atoms with Crippen LogP contribution in [0.3, 0.4) is 0 Å². The van der Waals surface area contributed by atoms with E-state index < -0.39 is 0 Å². The Morgan fingerprint density at radius 2 is 1.95 bits per heavy atom. The Morgan fingerprint density at radius 3 is 2.68 bits per heavy atom. The monoisotopic (exact) mass is 328 g/mol. The van der Waals surface area contributed by atoms with E-state index in [1.54, 1.807) is 0 Å². The number of rotatable bonds is 7. The van der Waals surface area contributed by atoms with Gasteiger partial charge in [0.1, 0.15) is 0 Å². The van der Waals surface area contributed by atoms with E-state index in [1.165, 1.54) is 12.0 Å². The largest absolute Gasteiger partial charge is 0.379 e. The molecule has 4 heteroatoms. The first-order valence-corrected chi connectivity index (χ1v) is 7.69. The lowest BCUT2D eigenvalue weighted by Crippen LogP contribution is -2.24. The molecule has 0 spiro atoms. The molecule has 0 N–H and O–H groups in total. The molecule has 1 aromatic rings. The van der Waals surface area contributed by atoms with E-state index in [9.17, 15) is 0 Å². The van der Waals surface area contributed by atoms with Gasteiger partial charge in [-0.15, -0.1) is 0 Å². The van der Waals surface area contributed by atoms with Crippen molar-refractivity contribution in [1.29, 1.82) is 0 Å². The van der Waals surface area contributed by atoms with Gasteiger partial charge in [0.25, 0.3) is 0 Å². The lowest BCUT2D eigenvalue weighted by Gasteiger charge is -2.22. The molecular weight excluding hydrogens is 308 g/mol. The zero-order valence-electron chi connectivity index (χ0n) is 11.1. The molecule has 0 radical (unpaired) electrons. The maximum atomic E-state index is 5.60. The summed E-state index contributed by atoms with van der Waals surface area (Å²) < 4.78 is 17.8. The summed E-state index contributed by atoms with van der Waals surface area (Å²) in [7, 11) is 0. The maximum Gasteiger partial charge on any atom is 0.157 e. The highest BCUT2D eigenvalue weighted by atomic mass is 79.9. The van der Waals surface area contributed by atoms with Crippen molar-refractivity contribution < 1.29 is 14.2 Å². The molecule has 1 unspecified atom stereocenters. The molecule has 0 saturated carbocycles. The average molecular weight is 329 g/mol. The lowest BCUT2D eigenvalue weighted by atomic mass is 10.2. The van der Waals surface area contributed by atoms with Gasteiger partial charge in [-0.2, -0.15) is 0 Å². The summed E-state index contributed by atoms with van der Waals surface area (Å²) >= 11 is 3.43. The Bertz CT molecular complexity index is 347. The quantitative estimate of drug-likeness (QED) is 0.716. The molecule has 0 bridgehead atoms. The highest BCUT2D eigenvalue weighted by molar-refractivity contribution is 9.10. The Kier molecular flexibility index (Phi) is 6.85. The molecule has 1 fully saturated rings. The van der Waals surface area contributed by atoms with Crippen molar-refractivity contribution >= 4 is 15.9 Å². The van der Waals surface area contributed by atoms with E-state index in [1.807, 2.05) is 0 Å². The third kappa shape index (κ3) is 6.04. The fraction of sp³-hybridized carbons (Fsp3) is 0.600. The Balaban J connectivity index is 1.49. The van der Waals surface area contributed by atoms with Crippen LogP contribution in [0, 0.1) is 0 Å². The number of hydrogen-bond donors (Lipinski definition) is 0. The van der Waals surface area contributed by atoms with Crippen LogP contribution in [-0.4, -0.2) is 32.7 Å². The van der Waals surface area contributed by atoms with Crippen LogP contribution in [0.1, 0.15) is 24.8 Å². The van der Waals surface area contributed by atoms with Crippen LogP contribution in [0.4, 0.5) is 0 Å². The van der Waals surface area contributed by atoms with Gasteiger partial charge in [0.15, 0.2) is 6.29 Å². The van der Waals surface area contributed by atoms with Crippen LogP contribution in [0.5, 0.6) is 0 Å². The molecule has 1 saturated heterocycles. The summed E-state index contributed by atoms with van der Waals surface area (Å²) in [4.78, 5) is 0. The summed E-state index contributed by atoms with van der Waals surface area (Å²) in [6, 6.07) is 8.33. The first kappa shape index (κ1) is 15.0. The molecule has 1 heterocycles. The molecule has 1 atom stereocenters. The molecule has 1 aromatic carbocycles. The van der Waals surface area contributed by atoms with E-state index in [0.29, 0.717) is 13.2 Å². The van der Waals surface area contributed by atoms with Gasteiger partial charge in [0, 0.05) is 11.1 Å². The van der Waals surface area contributed by atoms with Crippen molar-refractivity contribution in [1.82, 2.24) is 0 Å². The van der Waals surface area contributed by atoms with Crippen molar-refractivity contribution in [3.05, 3.63) is 34.3 Å². The van der Waals surface area contributed by atoms with Crippen molar-refractivity contribution in [3.63, 3.8) is 0 Å². The second-order valence-electron chi connectivity index (χ2n) is 4.66. The van der Waals surface area contributed by atoms with Crippen molar-refractivity contribution in [2.24, 2.45) is 0 Å². The SMILES string of the molecule is Brc1ccc(CCOCCOC2CCCCO2)cc1. The molecule has 2 rings (SSSR count). The van der Waals surface area contributed by atoms with Crippen LogP contribution in [0.15, 0.2) is 28.7 Å². The normalized spacial score (nSPS) is 19.5. The van der Waals surface area contributed by atoms with E-state index >= 15 is 0 Å². The highest BCUT2D eigenvalue weighted by Gasteiger charge is 2.13. The fourth-order valence-electron chi connectivity index (χ4n) is 2.02. The van der Waals surface area contributed by atoms with Gasteiger partial charge in [-0.05, 0) is 43.4 Å². The van der Waals surface area contributed by atoms with E-state index in [-0.39, 0.29) is 6.29 Å². The molecule has 0 aliphatic carbocycles. The summed E-state index contributed by atoms with van der Waals surface area (Å²) in [6.07, 6.45) is 4.30. The minimum absolute atomic E-state index is 0.0103. The molecule has 19 heavy (non-hydrogen) atoms. The van der Waals surface area contributed by atoms with Gasteiger partial charge < -0.3 is 14.2 Å². The van der Waals surface area contributed by atoms with Gasteiger partial charge in [-0.1, -0.05) is 28.1 Å². The van der Waals surface area contributed by atoms with Gasteiger partial charge >= 0.3 is 0 Å². The first-order chi connectivity index (χ1) is 9.34. The zero-order valence-corrected chi connectivity index (χ0v) is 12.7. The van der Waals surface area contributed by atoms with Gasteiger partial charge in [0.05, 0.1) is 19.8 Å². The van der Waals surface area contributed by atoms with Crippen LogP contribution in [0.25, 0.3) is 0 Å². The standard InChI is InChI=1S/C15H21BrO3/c16-14-6-4-13(5-7-14)8-10-17-11-12-19-15-3-1-2-9-18-15/h4-7,15H,1-3,8-12H2. The van der Waals surface area contributed by atoms with E-state index in [4.69, 9.17) is 14.2 Å². The van der Waals surface area contributed by atoms with Gasteiger partial charge in [-0.25, -0.2) is 0 Å². The van der Waals surface area contributed by atoms with Crippen molar-refractivity contribution in [2.75, 3.05) is 26.4 Å². The number of benzene rings is 1. The third-order valence-corrected chi connectivity index (χ3v) is 3.65. The summed E-state index contributed by atoms with van der Waals surface area (Å²) in [5, 5.41) is 0. The molecule has 1 aliphatic rings. The Morgan fingerprint density at radius 1 is 1.11 bits per heavy atom. The number of ether oxygens (including phenoxy) is 3. The summed E-state index contributed by atoms with van der Waals surface area (Å²) in [5.41, 5.74) is 1.29. The Labute approximate surface area is 123 Å². The zero-order chi connectivity index (χ0) is 13.3. The van der Waals surface area contributed by atoms with Crippen LogP contribution in [0.2, 0.25) is 0 Å². The second-order valence-corrected chi connectivity index (χ2v) is 5.57. The van der Waals surface area contributed by atoms with Crippen LogP contribution >= 0.6 is 15.9 Å². The van der Waals surface area contributed by atoms with Gasteiger partial charge in [0.2, 0.25) is 0 Å². The van der Waals surface area contributed by atoms with Gasteiger partial charge in [-0.3, -0.25) is 0 Å². The summed E-state index contributed by atoms with van der Waals surface area (Å²) in [5.74, 6) is 0. The predicted molar refractivity (Wildman–Crippen MR) is 78.2 cm³/mol. The predicted octanol–water partition coefficient (Wildman–Crippen LogP) is 3.55. The molecule has 106 valence electrons. The highest BCUT2D eigenvalue weighted by Crippen LogP contribution is 2.13. The summed E-state index contributed by atoms with van der Waals surface area (Å²) in [6.45, 7) is 2.81. The molecule has 3 nitrogen and oxygen atoms in total. The molecule has 0 amide bonds. The maximum absolute atomic E-state index is 5.60. The lowest BCUT2D eigenvalue weighted by molar-refractivity contribution is -0.168. The third-order valence-electron chi connectivity index (χ3n) is 3.12. The fourth-order valence-corrected chi connectivity index (χ4v) is 2.29. The van der Waals surface area contributed by atoms with Crippen LogP contribution in [-0.2, 0) is 20.6 Å². The van der Waals surface area contributed by atoms with E-state index in [2.05, 4.69) is 40.2 Å². The minimum atomic E-state index is -0.0103. The number of hydrogen-bond acceptors (Lipinski definition) is 3. The molecule has 1 aliphatic heterocycles. The molecular formula is C15H21BrO3. The Hall–Kier alpha value is -0.420. The van der Waals surface area contributed by atoms with Crippen molar-refractivity contribution in [2.45, 2.75) is 32.0 Å². The number of halogens is 1. The first-order valence-electron chi connectivity index (χ1n) is 6.90. The smallest absolute Gasteiger partial charge is 0.157 e. The topological polar surface area (TPSA) is 27.7 Å². The average Bonchev–Trinajstić information content (AvgIpc) is 2.46. The molecule has 0 aromatic heterocycles. The second kappa shape index (κ2) is 8.69.